The molecule has 0 aliphatic carbocycles. The van der Waals surface area contributed by atoms with Gasteiger partial charge in [-0.3, -0.25) is 4.57 Å². The Morgan fingerprint density at radius 1 is 1.30 bits per heavy atom. The normalized spacial score (nSPS) is 25.1. The van der Waals surface area contributed by atoms with Crippen LogP contribution < -0.4 is 26.4 Å². The zero-order valence-corrected chi connectivity index (χ0v) is 18.8. The Bertz CT molecular complexity index is 767. The molecule has 152 valence electrons. The van der Waals surface area contributed by atoms with Gasteiger partial charge in [-0.15, -0.1) is 25.3 Å². The molecule has 0 amide bonds. The first kappa shape index (κ1) is 26.4. The molecule has 17 heteroatoms. The maximum atomic E-state index is 11.9. The Morgan fingerprint density at radius 3 is 2.52 bits per heavy atom. The van der Waals surface area contributed by atoms with Gasteiger partial charge in [-0.2, -0.15) is 4.98 Å². The standard InChI is InChI=1S/C10H14N5O6PS2.2H2O.W/c11-10-14-7-4(8(16)15-10)12-3-6(24)5(23)2(21-9(3)13-7)1-20-22(17,18)19;;;/h2-3,9,12,23-24H,1H2,(H2,17,18,19)(H4,11,13,14,15,16);2*1H2;/q;;;+2/p-2/t2-,3+,9-;;;/m1.../s1. The number of nitrogen functional groups attached to an aromatic ring is 1. The topological polar surface area (TPSA) is 241 Å². The summed E-state index contributed by atoms with van der Waals surface area (Å²) in [6, 6.07) is -0.585. The molecule has 4 atom stereocenters. The summed E-state index contributed by atoms with van der Waals surface area (Å²) in [5.41, 5.74) is 5.55. The number of ether oxygens (including phenoxy) is 1. The fourth-order valence-corrected chi connectivity index (χ4v) is 3.25. The van der Waals surface area contributed by atoms with E-state index in [1.807, 2.05) is 0 Å². The van der Waals surface area contributed by atoms with Crippen molar-refractivity contribution in [2.24, 2.45) is 0 Å². The van der Waals surface area contributed by atoms with Gasteiger partial charge < -0.3 is 51.5 Å². The monoisotopic (exact) mass is 613 g/mol. The van der Waals surface area contributed by atoms with Crippen molar-refractivity contribution >= 4 is 50.5 Å². The van der Waals surface area contributed by atoms with Crippen molar-refractivity contribution in [3.8, 4) is 5.88 Å². The molecular formula is C10H16N5O8PS2W. The van der Waals surface area contributed by atoms with E-state index >= 15 is 0 Å². The maximum Gasteiger partial charge on any atom is 2.00 e. The Hall–Kier alpha value is -0.602. The van der Waals surface area contributed by atoms with Gasteiger partial charge in [0, 0.05) is 15.7 Å². The zero-order valence-electron chi connectivity index (χ0n) is 13.1. The van der Waals surface area contributed by atoms with E-state index in [9.17, 15) is 14.6 Å². The van der Waals surface area contributed by atoms with Crippen LogP contribution in [-0.2, 0) is 34.9 Å². The minimum atomic E-state index is -4.91. The number of anilines is 3. The van der Waals surface area contributed by atoms with Crippen LogP contribution in [0.4, 0.5) is 17.5 Å². The first-order valence-corrected chi connectivity index (χ1v) is 8.88. The van der Waals surface area contributed by atoms with Crippen LogP contribution in [0.15, 0.2) is 9.81 Å². The summed E-state index contributed by atoms with van der Waals surface area (Å²) in [7, 11) is -4.91. The van der Waals surface area contributed by atoms with Gasteiger partial charge in [-0.05, 0) is 0 Å². The number of phosphoric ester groups is 1. The van der Waals surface area contributed by atoms with E-state index in [1.165, 1.54) is 0 Å². The molecule has 0 fully saturated rings. The van der Waals surface area contributed by atoms with Crippen LogP contribution in [0, 0.1) is 0 Å². The first-order valence-electron chi connectivity index (χ1n) is 6.49. The second kappa shape index (κ2) is 9.74. The third-order valence-electron chi connectivity index (χ3n) is 3.34. The molecule has 1 aromatic rings. The van der Waals surface area contributed by atoms with Gasteiger partial charge in [0.15, 0.2) is 12.0 Å². The van der Waals surface area contributed by atoms with Crippen molar-refractivity contribution in [3.05, 3.63) is 9.81 Å². The molecule has 0 spiro atoms. The Balaban J connectivity index is 0.00000225. The number of nitrogens with one attached hydrogen (secondary N) is 2. The molecule has 0 aromatic carbocycles. The van der Waals surface area contributed by atoms with Gasteiger partial charge >= 0.3 is 21.1 Å². The Labute approximate surface area is 178 Å². The van der Waals surface area contributed by atoms with Gasteiger partial charge in [0.25, 0.3) is 7.82 Å². The van der Waals surface area contributed by atoms with E-state index in [4.69, 9.17) is 15.4 Å². The summed E-state index contributed by atoms with van der Waals surface area (Å²) in [5, 5.41) is 17.6. The molecule has 2 aliphatic heterocycles. The predicted octanol–water partition coefficient (Wildman–Crippen LogP) is -3.04. The number of phosphoric acid groups is 1. The van der Waals surface area contributed by atoms with Gasteiger partial charge in [0.05, 0.1) is 12.3 Å². The molecule has 1 unspecified atom stereocenters. The molecule has 0 radical (unpaired) electrons. The van der Waals surface area contributed by atoms with E-state index in [1.54, 1.807) is 0 Å². The molecule has 3 heterocycles. The number of rotatable bonds is 3. The van der Waals surface area contributed by atoms with E-state index in [2.05, 4.69) is 50.4 Å². The average molecular weight is 613 g/mol. The summed E-state index contributed by atoms with van der Waals surface area (Å²) in [6.45, 7) is -0.489. The van der Waals surface area contributed by atoms with Crippen LogP contribution in [0.3, 0.4) is 0 Å². The van der Waals surface area contributed by atoms with Crippen LogP contribution in [0.1, 0.15) is 0 Å². The molecule has 1 aromatic heterocycles. The van der Waals surface area contributed by atoms with Crippen molar-refractivity contribution in [3.63, 3.8) is 0 Å². The molecule has 3 rings (SSSR count). The summed E-state index contributed by atoms with van der Waals surface area (Å²) in [4.78, 5) is 27.6. The zero-order chi connectivity index (χ0) is 17.6. The number of thiol groups is 2. The number of aromatic nitrogens is 2. The smallest absolute Gasteiger partial charge is 0.857 e. The minimum absolute atomic E-state index is 0. The van der Waals surface area contributed by atoms with Gasteiger partial charge in [-0.25, -0.2) is 4.98 Å². The van der Waals surface area contributed by atoms with Gasteiger partial charge in [0.1, 0.15) is 12.1 Å². The molecule has 0 bridgehead atoms. The Morgan fingerprint density at radius 2 is 1.93 bits per heavy atom. The quantitative estimate of drug-likeness (QED) is 0.148. The van der Waals surface area contributed by atoms with E-state index in [0.29, 0.717) is 4.91 Å². The SMILES string of the molecule is Nc1nc([O-])c2c(n1)N[C@@H]1O[C@H](COP(=O)([O-])O)C(S)=C(S)[C@@H]1N2.O.O.[W+2]. The molecule has 0 saturated carbocycles. The molecule has 2 aliphatic rings. The number of fused-ring (bicyclic) bond motifs is 2. The van der Waals surface area contributed by atoms with Crippen LogP contribution in [-0.4, -0.2) is 50.8 Å². The van der Waals surface area contributed by atoms with Crippen molar-refractivity contribution in [1.29, 1.82) is 0 Å². The van der Waals surface area contributed by atoms with Crippen LogP contribution in [0.5, 0.6) is 5.88 Å². The van der Waals surface area contributed by atoms with Gasteiger partial charge in [-0.1, -0.05) is 0 Å². The fraction of sp³-hybridized carbons (Fsp3) is 0.400. The van der Waals surface area contributed by atoms with Crippen molar-refractivity contribution < 1.29 is 60.7 Å². The van der Waals surface area contributed by atoms with Crippen LogP contribution in [0.2, 0.25) is 0 Å². The van der Waals surface area contributed by atoms with Crippen molar-refractivity contribution in [2.75, 3.05) is 23.0 Å². The average Bonchev–Trinajstić information content (AvgIpc) is 2.47. The Kier molecular flexibility index (Phi) is 9.52. The second-order valence-electron chi connectivity index (χ2n) is 4.96. The molecule has 27 heavy (non-hydrogen) atoms. The fourth-order valence-electron chi connectivity index (χ4n) is 2.31. The van der Waals surface area contributed by atoms with E-state index in [0.717, 1.165) is 0 Å². The van der Waals surface area contributed by atoms with Gasteiger partial charge in [0.2, 0.25) is 5.95 Å². The number of hydrogen-bond donors (Lipinski definition) is 6. The van der Waals surface area contributed by atoms with E-state index in [-0.39, 0.29) is 54.4 Å². The largest absolute Gasteiger partial charge is 2.00 e. The number of nitrogens with zero attached hydrogens (tertiary/aromatic N) is 2. The molecule has 13 nitrogen and oxygen atoms in total. The second-order valence-corrected chi connectivity index (χ2v) is 7.12. The molecule has 0 saturated heterocycles. The predicted molar refractivity (Wildman–Crippen MR) is 93.6 cm³/mol. The summed E-state index contributed by atoms with van der Waals surface area (Å²) >= 11 is 8.58. The number of nitrogens with two attached hydrogens (primary N) is 1. The third-order valence-corrected chi connectivity index (χ3v) is 5.04. The van der Waals surface area contributed by atoms with E-state index < -0.39 is 38.7 Å². The van der Waals surface area contributed by atoms with Crippen molar-refractivity contribution in [1.82, 2.24) is 9.97 Å². The minimum Gasteiger partial charge on any atom is -0.857 e. The van der Waals surface area contributed by atoms with Crippen molar-refractivity contribution in [2.45, 2.75) is 18.4 Å². The molecular weight excluding hydrogens is 597 g/mol. The maximum absolute atomic E-state index is 11.9. The van der Waals surface area contributed by atoms with Crippen LogP contribution in [0.25, 0.3) is 0 Å². The summed E-state index contributed by atoms with van der Waals surface area (Å²) < 4.78 is 20.7. The number of hydrogen-bond acceptors (Lipinski definition) is 12. The summed E-state index contributed by atoms with van der Waals surface area (Å²) in [5.74, 6) is -0.650. The summed E-state index contributed by atoms with van der Waals surface area (Å²) in [6.07, 6.45) is -1.66. The van der Waals surface area contributed by atoms with Crippen LogP contribution >= 0.6 is 33.1 Å². The first-order chi connectivity index (χ1) is 11.2. The molecule has 9 N–H and O–H groups in total. The third kappa shape index (κ3) is 5.70.